The van der Waals surface area contributed by atoms with Gasteiger partial charge in [0.15, 0.2) is 0 Å². The highest BCUT2D eigenvalue weighted by Crippen LogP contribution is 2.35. The van der Waals surface area contributed by atoms with Gasteiger partial charge in [0.05, 0.1) is 6.26 Å². The van der Waals surface area contributed by atoms with E-state index in [4.69, 9.17) is 5.73 Å². The molecule has 2 rings (SSSR count). The van der Waals surface area contributed by atoms with Crippen LogP contribution >= 0.6 is 0 Å². The van der Waals surface area contributed by atoms with E-state index >= 15 is 0 Å². The fourth-order valence-electron chi connectivity index (χ4n) is 3.89. The molecule has 0 spiro atoms. The van der Waals surface area contributed by atoms with Gasteiger partial charge in [-0.05, 0) is 43.4 Å². The van der Waals surface area contributed by atoms with Gasteiger partial charge in [-0.1, -0.05) is 19.8 Å². The van der Waals surface area contributed by atoms with Gasteiger partial charge in [-0.15, -0.1) is 0 Å². The summed E-state index contributed by atoms with van der Waals surface area (Å²) in [4.78, 5) is 0. The third-order valence-electron chi connectivity index (χ3n) is 5.03. The van der Waals surface area contributed by atoms with Crippen LogP contribution in [0.3, 0.4) is 0 Å². The second-order valence-electron chi connectivity index (χ2n) is 6.60. The maximum absolute atomic E-state index is 11.6. The molecule has 4 atom stereocenters. The molecule has 2 aliphatic rings. The second-order valence-corrected chi connectivity index (χ2v) is 8.58. The van der Waals surface area contributed by atoms with Crippen molar-refractivity contribution >= 4 is 10.0 Å². The summed E-state index contributed by atoms with van der Waals surface area (Å²) >= 11 is 0. The molecule has 1 saturated carbocycles. The molecule has 1 aliphatic carbocycles. The first-order valence-electron chi connectivity index (χ1n) is 7.58. The SMILES string of the molecule is CC1CCCC1C(N)CC1CCCN(S(C)(=O)=O)C1. The third kappa shape index (κ3) is 3.92. The third-order valence-corrected chi connectivity index (χ3v) is 6.30. The number of piperidine rings is 1. The zero-order chi connectivity index (χ0) is 14.0. The Morgan fingerprint density at radius 1 is 1.26 bits per heavy atom. The maximum Gasteiger partial charge on any atom is 0.211 e. The van der Waals surface area contributed by atoms with E-state index in [0.29, 0.717) is 24.9 Å². The van der Waals surface area contributed by atoms with Gasteiger partial charge in [-0.2, -0.15) is 0 Å². The quantitative estimate of drug-likeness (QED) is 0.858. The molecule has 1 aliphatic heterocycles. The lowest BCUT2D eigenvalue weighted by molar-refractivity contribution is 0.218. The molecular weight excluding hydrogens is 260 g/mol. The Morgan fingerprint density at radius 3 is 2.58 bits per heavy atom. The summed E-state index contributed by atoms with van der Waals surface area (Å²) in [5.74, 6) is 1.84. The highest BCUT2D eigenvalue weighted by atomic mass is 32.2. The number of nitrogens with zero attached hydrogens (tertiary/aromatic N) is 1. The van der Waals surface area contributed by atoms with Crippen molar-refractivity contribution < 1.29 is 8.42 Å². The molecule has 0 bridgehead atoms. The van der Waals surface area contributed by atoms with Crippen molar-refractivity contribution in [2.45, 2.75) is 51.5 Å². The van der Waals surface area contributed by atoms with Crippen molar-refractivity contribution in [2.75, 3.05) is 19.3 Å². The molecule has 1 heterocycles. The van der Waals surface area contributed by atoms with Crippen LogP contribution in [0.1, 0.15) is 45.4 Å². The summed E-state index contributed by atoms with van der Waals surface area (Å²) in [5, 5.41) is 0. The highest BCUT2D eigenvalue weighted by Gasteiger charge is 2.32. The molecule has 4 unspecified atom stereocenters. The van der Waals surface area contributed by atoms with E-state index in [1.807, 2.05) is 0 Å². The first-order chi connectivity index (χ1) is 8.88. The number of hydrogen-bond donors (Lipinski definition) is 1. The van der Waals surface area contributed by atoms with Gasteiger partial charge < -0.3 is 5.73 Å². The van der Waals surface area contributed by atoms with Crippen LogP contribution < -0.4 is 5.73 Å². The zero-order valence-electron chi connectivity index (χ0n) is 12.2. The topological polar surface area (TPSA) is 63.4 Å². The Balaban J connectivity index is 1.88. The number of nitrogens with two attached hydrogens (primary N) is 1. The van der Waals surface area contributed by atoms with E-state index in [0.717, 1.165) is 25.2 Å². The summed E-state index contributed by atoms with van der Waals surface area (Å²) in [6, 6.07) is 0.252. The minimum Gasteiger partial charge on any atom is -0.327 e. The average molecular weight is 288 g/mol. The van der Waals surface area contributed by atoms with E-state index in [2.05, 4.69) is 6.92 Å². The van der Waals surface area contributed by atoms with E-state index < -0.39 is 10.0 Å². The lowest BCUT2D eigenvalue weighted by Gasteiger charge is -2.34. The lowest BCUT2D eigenvalue weighted by Crippen LogP contribution is -2.42. The van der Waals surface area contributed by atoms with E-state index in [1.54, 1.807) is 4.31 Å². The Morgan fingerprint density at radius 2 is 2.00 bits per heavy atom. The molecule has 19 heavy (non-hydrogen) atoms. The van der Waals surface area contributed by atoms with Crippen LogP contribution in [-0.2, 0) is 10.0 Å². The van der Waals surface area contributed by atoms with Crippen LogP contribution in [-0.4, -0.2) is 38.1 Å². The Hall–Kier alpha value is -0.130. The van der Waals surface area contributed by atoms with Gasteiger partial charge in [-0.25, -0.2) is 12.7 Å². The van der Waals surface area contributed by atoms with Crippen molar-refractivity contribution in [1.82, 2.24) is 4.31 Å². The molecule has 0 aromatic carbocycles. The minimum absolute atomic E-state index is 0.252. The highest BCUT2D eigenvalue weighted by molar-refractivity contribution is 7.88. The first kappa shape index (κ1) is 15.3. The Labute approximate surface area is 117 Å². The number of sulfonamides is 1. The summed E-state index contributed by atoms with van der Waals surface area (Å²) in [5.41, 5.74) is 6.39. The van der Waals surface area contributed by atoms with Crippen molar-refractivity contribution in [2.24, 2.45) is 23.5 Å². The normalized spacial score (nSPS) is 35.4. The molecule has 0 radical (unpaired) electrons. The Kier molecular flexibility index (Phi) is 4.90. The van der Waals surface area contributed by atoms with Crippen molar-refractivity contribution in [3.8, 4) is 0 Å². The van der Waals surface area contributed by atoms with Crippen LogP contribution in [0.2, 0.25) is 0 Å². The van der Waals surface area contributed by atoms with Gasteiger partial charge in [0.25, 0.3) is 0 Å². The van der Waals surface area contributed by atoms with Gasteiger partial charge >= 0.3 is 0 Å². The van der Waals surface area contributed by atoms with Crippen LogP contribution in [0.25, 0.3) is 0 Å². The minimum atomic E-state index is -3.03. The van der Waals surface area contributed by atoms with Crippen LogP contribution in [0, 0.1) is 17.8 Å². The Bertz CT molecular complexity index is 396. The smallest absolute Gasteiger partial charge is 0.211 e. The van der Waals surface area contributed by atoms with Crippen LogP contribution in [0.4, 0.5) is 0 Å². The zero-order valence-corrected chi connectivity index (χ0v) is 13.0. The van der Waals surface area contributed by atoms with Crippen molar-refractivity contribution in [1.29, 1.82) is 0 Å². The molecule has 4 nitrogen and oxygen atoms in total. The van der Waals surface area contributed by atoms with Crippen molar-refractivity contribution in [3.05, 3.63) is 0 Å². The molecule has 112 valence electrons. The standard InChI is InChI=1S/C14H28N2O2S/c1-11-5-3-7-13(11)14(15)9-12-6-4-8-16(10-12)19(2,17)18/h11-14H,3-10,15H2,1-2H3. The molecule has 5 heteroatoms. The van der Waals surface area contributed by atoms with Gasteiger partial charge in [0.2, 0.25) is 10.0 Å². The lowest BCUT2D eigenvalue weighted by atomic mass is 9.83. The van der Waals surface area contributed by atoms with Gasteiger partial charge in [0.1, 0.15) is 0 Å². The predicted molar refractivity (Wildman–Crippen MR) is 78.2 cm³/mol. The van der Waals surface area contributed by atoms with Crippen LogP contribution in [0.5, 0.6) is 0 Å². The number of hydrogen-bond acceptors (Lipinski definition) is 3. The maximum atomic E-state index is 11.6. The molecule has 2 N–H and O–H groups in total. The summed E-state index contributed by atoms with van der Waals surface area (Å²) in [6.07, 6.45) is 8.27. The number of rotatable bonds is 4. The monoisotopic (exact) mass is 288 g/mol. The van der Waals surface area contributed by atoms with E-state index in [1.165, 1.54) is 25.5 Å². The summed E-state index contributed by atoms with van der Waals surface area (Å²) in [7, 11) is -3.03. The fraction of sp³-hybridized carbons (Fsp3) is 1.00. The van der Waals surface area contributed by atoms with Gasteiger partial charge in [-0.3, -0.25) is 0 Å². The molecule has 0 aromatic rings. The molecule has 1 saturated heterocycles. The van der Waals surface area contributed by atoms with Crippen molar-refractivity contribution in [3.63, 3.8) is 0 Å². The molecule has 0 amide bonds. The summed E-state index contributed by atoms with van der Waals surface area (Å²) in [6.45, 7) is 3.67. The van der Waals surface area contributed by atoms with E-state index in [9.17, 15) is 8.42 Å². The van der Waals surface area contributed by atoms with E-state index in [-0.39, 0.29) is 6.04 Å². The largest absolute Gasteiger partial charge is 0.327 e. The first-order valence-corrected chi connectivity index (χ1v) is 9.43. The second kappa shape index (κ2) is 6.10. The molecule has 0 aromatic heterocycles. The predicted octanol–water partition coefficient (Wildman–Crippen LogP) is 1.81. The molecule has 2 fully saturated rings. The average Bonchev–Trinajstić information content (AvgIpc) is 2.75. The van der Waals surface area contributed by atoms with Crippen LogP contribution in [0.15, 0.2) is 0 Å². The summed E-state index contributed by atoms with van der Waals surface area (Å²) < 4.78 is 24.9. The fourth-order valence-corrected chi connectivity index (χ4v) is 4.83. The molecular formula is C14H28N2O2S. The van der Waals surface area contributed by atoms with Gasteiger partial charge in [0, 0.05) is 19.1 Å².